The van der Waals surface area contributed by atoms with Crippen LogP contribution in [0.2, 0.25) is 5.02 Å². The van der Waals surface area contributed by atoms with Crippen molar-refractivity contribution in [2.75, 3.05) is 5.32 Å². The van der Waals surface area contributed by atoms with E-state index in [9.17, 15) is 13.6 Å². The second-order valence-corrected chi connectivity index (χ2v) is 7.01. The molecule has 3 aromatic carbocycles. The van der Waals surface area contributed by atoms with Crippen molar-refractivity contribution >= 4 is 29.3 Å². The Hall–Kier alpha value is -3.84. The summed E-state index contributed by atoms with van der Waals surface area (Å²) in [5, 5.41) is 11.3. The molecule has 0 aliphatic heterocycles. The summed E-state index contributed by atoms with van der Waals surface area (Å²) in [7, 11) is 0. The Bertz CT molecular complexity index is 1320. The van der Waals surface area contributed by atoms with E-state index in [1.54, 1.807) is 36.4 Å². The highest BCUT2D eigenvalue weighted by Crippen LogP contribution is 2.26. The fourth-order valence-corrected chi connectivity index (χ4v) is 3.22. The molecule has 0 saturated heterocycles. The molecule has 1 heterocycles. The lowest BCUT2D eigenvalue weighted by Crippen LogP contribution is -2.27. The molecule has 0 aliphatic carbocycles. The average Bonchev–Trinajstić information content (AvgIpc) is 2.76. The number of anilines is 2. The van der Waals surface area contributed by atoms with Crippen LogP contribution in [0.1, 0.15) is 5.56 Å². The highest BCUT2D eigenvalue weighted by Gasteiger charge is 2.20. The third kappa shape index (κ3) is 4.08. The van der Waals surface area contributed by atoms with Crippen molar-refractivity contribution in [1.82, 2.24) is 9.55 Å². The lowest BCUT2D eigenvalue weighted by Gasteiger charge is -2.17. The smallest absolute Gasteiger partial charge is 0.269 e. The minimum atomic E-state index is -0.932. The van der Waals surface area contributed by atoms with E-state index >= 15 is 0 Å². The molecule has 0 spiro atoms. The Morgan fingerprint density at radius 3 is 2.35 bits per heavy atom. The maximum absolute atomic E-state index is 14.6. The fraction of sp³-hybridized carbons (Fsp3) is 0. The quantitative estimate of drug-likeness (QED) is 0.402. The molecular weight excluding hydrogens is 422 g/mol. The Labute approximate surface area is 181 Å². The zero-order chi connectivity index (χ0) is 22.0. The molecular formula is C23H15ClF2N4O. The van der Waals surface area contributed by atoms with Gasteiger partial charge in [-0.2, -0.15) is 0 Å². The van der Waals surface area contributed by atoms with Crippen LogP contribution in [0.15, 0.2) is 77.6 Å². The molecule has 0 bridgehead atoms. The van der Waals surface area contributed by atoms with Gasteiger partial charge < -0.3 is 10.7 Å². The summed E-state index contributed by atoms with van der Waals surface area (Å²) in [5.41, 5.74) is 0.200. The monoisotopic (exact) mass is 436 g/mol. The summed E-state index contributed by atoms with van der Waals surface area (Å²) in [6, 6.07) is 18.4. The standard InChI is InChI=1S/C23H15ClF2N4O/c24-15-8-6-14(7-9-15)22-29-21(28-17-4-2-1-3-5-17)18(13-27)23(31)30(22)20-11-10-16(25)12-19(20)26/h1-13,27-28H. The molecule has 0 fully saturated rings. The summed E-state index contributed by atoms with van der Waals surface area (Å²) in [6.07, 6.45) is 0.851. The van der Waals surface area contributed by atoms with E-state index in [0.717, 1.165) is 22.9 Å². The van der Waals surface area contributed by atoms with Crippen LogP contribution in [0.25, 0.3) is 17.1 Å². The molecule has 0 amide bonds. The highest BCUT2D eigenvalue weighted by molar-refractivity contribution is 6.30. The molecule has 4 rings (SSSR count). The van der Waals surface area contributed by atoms with Gasteiger partial charge in [-0.15, -0.1) is 0 Å². The van der Waals surface area contributed by atoms with Gasteiger partial charge in [0, 0.05) is 28.6 Å². The Morgan fingerprint density at radius 1 is 1.00 bits per heavy atom. The van der Waals surface area contributed by atoms with Crippen LogP contribution in [0, 0.1) is 17.0 Å². The molecule has 31 heavy (non-hydrogen) atoms. The first-order chi connectivity index (χ1) is 15.0. The zero-order valence-electron chi connectivity index (χ0n) is 15.9. The molecule has 154 valence electrons. The van der Waals surface area contributed by atoms with E-state index < -0.39 is 17.2 Å². The van der Waals surface area contributed by atoms with Crippen molar-refractivity contribution in [3.63, 3.8) is 0 Å². The third-order valence-electron chi connectivity index (χ3n) is 4.55. The van der Waals surface area contributed by atoms with E-state index in [2.05, 4.69) is 10.3 Å². The minimum absolute atomic E-state index is 0.0784. The first-order valence-corrected chi connectivity index (χ1v) is 9.56. The normalized spacial score (nSPS) is 10.7. The van der Waals surface area contributed by atoms with Crippen LogP contribution < -0.4 is 10.9 Å². The summed E-state index contributed by atoms with van der Waals surface area (Å²) < 4.78 is 29.1. The van der Waals surface area contributed by atoms with Crippen molar-refractivity contribution in [3.05, 3.63) is 105 Å². The van der Waals surface area contributed by atoms with Gasteiger partial charge in [0.1, 0.15) is 28.8 Å². The molecule has 0 radical (unpaired) electrons. The second-order valence-electron chi connectivity index (χ2n) is 6.58. The minimum Gasteiger partial charge on any atom is -0.339 e. The van der Waals surface area contributed by atoms with Crippen molar-refractivity contribution < 1.29 is 8.78 Å². The molecule has 0 unspecified atom stereocenters. The van der Waals surface area contributed by atoms with Gasteiger partial charge >= 0.3 is 0 Å². The summed E-state index contributed by atoms with van der Waals surface area (Å²) >= 11 is 5.98. The van der Waals surface area contributed by atoms with Crippen LogP contribution in [0.3, 0.4) is 0 Å². The number of benzene rings is 3. The lowest BCUT2D eigenvalue weighted by molar-refractivity contribution is 0.576. The van der Waals surface area contributed by atoms with E-state index in [0.29, 0.717) is 22.3 Å². The first kappa shape index (κ1) is 20.4. The van der Waals surface area contributed by atoms with Gasteiger partial charge in [0.15, 0.2) is 0 Å². The predicted octanol–water partition coefficient (Wildman–Crippen LogP) is 5.57. The maximum Gasteiger partial charge on any atom is 0.269 e. The SMILES string of the molecule is N=Cc1c(Nc2ccccc2)nc(-c2ccc(Cl)cc2)n(-c2ccc(F)cc2F)c1=O. The summed E-state index contributed by atoms with van der Waals surface area (Å²) in [4.78, 5) is 17.9. The Morgan fingerprint density at radius 2 is 1.71 bits per heavy atom. The Balaban J connectivity index is 2.02. The van der Waals surface area contributed by atoms with E-state index in [4.69, 9.17) is 17.0 Å². The molecule has 8 heteroatoms. The van der Waals surface area contributed by atoms with Gasteiger partial charge in [-0.1, -0.05) is 29.8 Å². The number of rotatable bonds is 5. The number of nitrogens with zero attached hydrogens (tertiary/aromatic N) is 2. The van der Waals surface area contributed by atoms with Crippen LogP contribution >= 0.6 is 11.6 Å². The van der Waals surface area contributed by atoms with Crippen molar-refractivity contribution in [3.8, 4) is 17.1 Å². The number of hydrogen-bond donors (Lipinski definition) is 2. The maximum atomic E-state index is 14.6. The fourth-order valence-electron chi connectivity index (χ4n) is 3.10. The molecule has 0 saturated carbocycles. The highest BCUT2D eigenvalue weighted by atomic mass is 35.5. The van der Waals surface area contributed by atoms with E-state index in [1.807, 2.05) is 18.2 Å². The van der Waals surface area contributed by atoms with Crippen molar-refractivity contribution in [2.45, 2.75) is 0 Å². The van der Waals surface area contributed by atoms with Crippen LogP contribution in [0.4, 0.5) is 20.3 Å². The van der Waals surface area contributed by atoms with Crippen LogP contribution in [0.5, 0.6) is 0 Å². The molecule has 4 aromatic rings. The largest absolute Gasteiger partial charge is 0.339 e. The molecule has 0 atom stereocenters. The number of halogens is 3. The van der Waals surface area contributed by atoms with Gasteiger partial charge in [0.25, 0.3) is 5.56 Å². The number of nitrogens with one attached hydrogen (secondary N) is 2. The number of aromatic nitrogens is 2. The van der Waals surface area contributed by atoms with Crippen molar-refractivity contribution in [1.29, 1.82) is 5.41 Å². The lowest BCUT2D eigenvalue weighted by atomic mass is 10.1. The van der Waals surface area contributed by atoms with Gasteiger partial charge in [-0.25, -0.2) is 13.8 Å². The first-order valence-electron chi connectivity index (χ1n) is 9.19. The molecule has 2 N–H and O–H groups in total. The molecule has 0 aliphatic rings. The predicted molar refractivity (Wildman–Crippen MR) is 118 cm³/mol. The average molecular weight is 437 g/mol. The zero-order valence-corrected chi connectivity index (χ0v) is 16.7. The van der Waals surface area contributed by atoms with Crippen molar-refractivity contribution in [2.24, 2.45) is 0 Å². The summed E-state index contributed by atoms with van der Waals surface area (Å²) in [5.74, 6) is -1.46. The van der Waals surface area contributed by atoms with E-state index in [1.165, 1.54) is 0 Å². The Kier molecular flexibility index (Phi) is 5.60. The van der Waals surface area contributed by atoms with Gasteiger partial charge in [0.2, 0.25) is 0 Å². The van der Waals surface area contributed by atoms with Crippen LogP contribution in [-0.2, 0) is 0 Å². The topological polar surface area (TPSA) is 70.8 Å². The van der Waals surface area contributed by atoms with Gasteiger partial charge in [0.05, 0.1) is 5.69 Å². The van der Waals surface area contributed by atoms with E-state index in [-0.39, 0.29) is 22.9 Å². The third-order valence-corrected chi connectivity index (χ3v) is 4.80. The summed E-state index contributed by atoms with van der Waals surface area (Å²) in [6.45, 7) is 0. The second kappa shape index (κ2) is 8.49. The number of para-hydroxylation sites is 1. The molecule has 5 nitrogen and oxygen atoms in total. The molecule has 1 aromatic heterocycles. The number of hydrogen-bond acceptors (Lipinski definition) is 4. The van der Waals surface area contributed by atoms with Gasteiger partial charge in [-0.05, 0) is 48.5 Å². The van der Waals surface area contributed by atoms with Gasteiger partial charge in [-0.3, -0.25) is 9.36 Å². The van der Waals surface area contributed by atoms with Crippen LogP contribution in [-0.4, -0.2) is 15.8 Å².